The molecule has 2 aromatic carbocycles. The molecule has 11 heteroatoms. The number of aryl methyl sites for hydroxylation is 1. The number of nitrogens with two attached hydrogens (primary N) is 1. The topological polar surface area (TPSA) is 125 Å². The highest BCUT2D eigenvalue weighted by Gasteiger charge is 2.45. The Morgan fingerprint density at radius 3 is 2.63 bits per heavy atom. The summed E-state index contributed by atoms with van der Waals surface area (Å²) in [5.41, 5.74) is 10.6. The number of para-hydroxylation sites is 1. The van der Waals surface area contributed by atoms with Crippen LogP contribution in [-0.2, 0) is 16.0 Å². The SMILES string of the molecule is CCc1ccc(C2C(C#N)=C(N)N(c3nnc(SCC(=O)Nc4ccccc4Cl)s3)C3=C2C(=O)CC(C)(C)C3)cc1. The van der Waals surface area contributed by atoms with Crippen molar-refractivity contribution in [3.05, 3.63) is 87.3 Å². The number of ketones is 1. The third kappa shape index (κ3) is 5.89. The molecule has 3 N–H and O–H groups in total. The fourth-order valence-corrected chi connectivity index (χ4v) is 7.10. The fraction of sp³-hybridized carbons (Fsp3) is 0.300. The summed E-state index contributed by atoms with van der Waals surface area (Å²) in [4.78, 5) is 28.0. The number of anilines is 2. The van der Waals surface area contributed by atoms with E-state index in [2.05, 4.69) is 42.4 Å². The molecule has 0 radical (unpaired) electrons. The molecule has 1 aliphatic heterocycles. The molecule has 8 nitrogen and oxygen atoms in total. The monoisotopic (exact) mass is 604 g/mol. The van der Waals surface area contributed by atoms with Crippen LogP contribution < -0.4 is 16.0 Å². The van der Waals surface area contributed by atoms with Crippen LogP contribution in [0, 0.1) is 16.7 Å². The van der Waals surface area contributed by atoms with Crippen LogP contribution in [0.3, 0.4) is 0 Å². The second kappa shape index (κ2) is 11.7. The summed E-state index contributed by atoms with van der Waals surface area (Å²) in [6.45, 7) is 6.19. The van der Waals surface area contributed by atoms with E-state index in [1.807, 2.05) is 24.3 Å². The highest BCUT2D eigenvalue weighted by atomic mass is 35.5. The van der Waals surface area contributed by atoms with Crippen molar-refractivity contribution in [3.63, 3.8) is 0 Å². The molecule has 1 aliphatic carbocycles. The molecule has 1 unspecified atom stereocenters. The molecule has 1 amide bonds. The Hall–Kier alpha value is -3.65. The lowest BCUT2D eigenvalue weighted by molar-refractivity contribution is -0.118. The Labute approximate surface area is 252 Å². The fourth-order valence-electron chi connectivity index (χ4n) is 5.23. The van der Waals surface area contributed by atoms with Gasteiger partial charge in [0.1, 0.15) is 5.82 Å². The number of amides is 1. The molecule has 0 fully saturated rings. The van der Waals surface area contributed by atoms with E-state index in [4.69, 9.17) is 17.3 Å². The highest BCUT2D eigenvalue weighted by molar-refractivity contribution is 8.01. The summed E-state index contributed by atoms with van der Waals surface area (Å²) in [7, 11) is 0. The maximum absolute atomic E-state index is 13.7. The Morgan fingerprint density at radius 1 is 1.22 bits per heavy atom. The van der Waals surface area contributed by atoms with Gasteiger partial charge in [0.2, 0.25) is 11.0 Å². The molecule has 210 valence electrons. The van der Waals surface area contributed by atoms with E-state index in [9.17, 15) is 14.9 Å². The maximum atomic E-state index is 13.7. The van der Waals surface area contributed by atoms with Gasteiger partial charge in [0.15, 0.2) is 10.1 Å². The van der Waals surface area contributed by atoms with Gasteiger partial charge in [-0.25, -0.2) is 0 Å². The first kappa shape index (κ1) is 28.9. The molecule has 2 aliphatic rings. The molecular weight excluding hydrogens is 576 g/mol. The van der Waals surface area contributed by atoms with Crippen molar-refractivity contribution in [1.29, 1.82) is 5.26 Å². The predicted molar refractivity (Wildman–Crippen MR) is 164 cm³/mol. The normalized spacial score (nSPS) is 18.3. The van der Waals surface area contributed by atoms with Gasteiger partial charge < -0.3 is 11.1 Å². The summed E-state index contributed by atoms with van der Waals surface area (Å²) in [6, 6.07) is 17.3. The predicted octanol–water partition coefficient (Wildman–Crippen LogP) is 6.43. The third-order valence-electron chi connectivity index (χ3n) is 7.16. The van der Waals surface area contributed by atoms with Crippen molar-refractivity contribution in [1.82, 2.24) is 10.2 Å². The minimum absolute atomic E-state index is 0.00132. The van der Waals surface area contributed by atoms with Crippen molar-refractivity contribution in [3.8, 4) is 6.07 Å². The summed E-state index contributed by atoms with van der Waals surface area (Å²) < 4.78 is 0.557. The number of nitriles is 1. The first-order chi connectivity index (χ1) is 19.6. The molecule has 0 bridgehead atoms. The molecule has 0 saturated carbocycles. The number of Topliss-reactive ketones (excluding diaryl/α,β-unsaturated/α-hetero) is 1. The van der Waals surface area contributed by atoms with Crippen LogP contribution in [0.1, 0.15) is 50.7 Å². The Bertz CT molecular complexity index is 1620. The average molecular weight is 605 g/mol. The molecule has 5 rings (SSSR count). The van der Waals surface area contributed by atoms with Crippen LogP contribution in [0.2, 0.25) is 5.02 Å². The zero-order chi connectivity index (χ0) is 29.3. The maximum Gasteiger partial charge on any atom is 0.234 e. The molecule has 0 saturated heterocycles. The summed E-state index contributed by atoms with van der Waals surface area (Å²) in [5, 5.41) is 22.6. The van der Waals surface area contributed by atoms with Gasteiger partial charge in [-0.1, -0.05) is 91.9 Å². The molecule has 1 atom stereocenters. The van der Waals surface area contributed by atoms with Crippen LogP contribution in [0.25, 0.3) is 0 Å². The second-order valence-electron chi connectivity index (χ2n) is 10.7. The quantitative estimate of drug-likeness (QED) is 0.296. The van der Waals surface area contributed by atoms with Crippen molar-refractivity contribution in [2.24, 2.45) is 11.1 Å². The number of carbonyl (C=O) groups excluding carboxylic acids is 2. The van der Waals surface area contributed by atoms with E-state index in [-0.39, 0.29) is 28.7 Å². The van der Waals surface area contributed by atoms with Crippen molar-refractivity contribution >= 4 is 57.2 Å². The molecule has 3 aromatic rings. The van der Waals surface area contributed by atoms with E-state index in [1.54, 1.807) is 29.2 Å². The molecule has 1 aromatic heterocycles. The number of nitrogens with zero attached hydrogens (tertiary/aromatic N) is 4. The van der Waals surface area contributed by atoms with Crippen molar-refractivity contribution < 1.29 is 9.59 Å². The Balaban J connectivity index is 1.47. The van der Waals surface area contributed by atoms with E-state index in [0.29, 0.717) is 44.2 Å². The lowest BCUT2D eigenvalue weighted by atomic mass is 9.68. The minimum Gasteiger partial charge on any atom is -0.384 e. The number of rotatable bonds is 7. The van der Waals surface area contributed by atoms with Crippen LogP contribution >= 0.6 is 34.7 Å². The summed E-state index contributed by atoms with van der Waals surface area (Å²) in [5.74, 6) is -0.433. The molecule has 2 heterocycles. The van der Waals surface area contributed by atoms with E-state index >= 15 is 0 Å². The number of nitrogens with one attached hydrogen (secondary N) is 1. The summed E-state index contributed by atoms with van der Waals surface area (Å²) in [6.07, 6.45) is 1.85. The lowest BCUT2D eigenvalue weighted by Crippen LogP contribution is -2.42. The summed E-state index contributed by atoms with van der Waals surface area (Å²) >= 11 is 8.64. The zero-order valence-electron chi connectivity index (χ0n) is 22.9. The second-order valence-corrected chi connectivity index (χ2v) is 13.3. The van der Waals surface area contributed by atoms with Crippen molar-refractivity contribution in [2.75, 3.05) is 16.0 Å². The molecule has 41 heavy (non-hydrogen) atoms. The number of hydrogen-bond acceptors (Lipinski definition) is 9. The van der Waals surface area contributed by atoms with Gasteiger partial charge in [0, 0.05) is 17.7 Å². The average Bonchev–Trinajstić information content (AvgIpc) is 3.40. The molecule has 0 spiro atoms. The van der Waals surface area contributed by atoms with Crippen molar-refractivity contribution in [2.45, 2.75) is 50.3 Å². The smallest absolute Gasteiger partial charge is 0.234 e. The van der Waals surface area contributed by atoms with E-state index < -0.39 is 5.92 Å². The van der Waals surface area contributed by atoms with Crippen LogP contribution in [0.5, 0.6) is 0 Å². The standard InChI is InChI=1S/C30H29ClN6O2S2/c1-4-17-9-11-18(12-10-17)25-19(15-32)27(33)37(22-13-30(2,3)14-23(38)26(22)25)28-35-36-29(41-28)40-16-24(39)34-21-8-6-5-7-20(21)31/h5-12,25H,4,13-14,16,33H2,1-3H3,(H,34,39). The first-order valence-electron chi connectivity index (χ1n) is 13.2. The highest BCUT2D eigenvalue weighted by Crippen LogP contribution is 2.50. The number of allylic oxidation sites excluding steroid dienone is 3. The number of halogens is 1. The van der Waals surface area contributed by atoms with Crippen LogP contribution in [0.4, 0.5) is 10.8 Å². The van der Waals surface area contributed by atoms with Gasteiger partial charge in [-0.15, -0.1) is 10.2 Å². The van der Waals surface area contributed by atoms with E-state index in [1.165, 1.54) is 28.7 Å². The number of hydrogen-bond donors (Lipinski definition) is 2. The van der Waals surface area contributed by atoms with Crippen LogP contribution in [0.15, 0.2) is 75.5 Å². The van der Waals surface area contributed by atoms with Gasteiger partial charge >= 0.3 is 0 Å². The Kier molecular flexibility index (Phi) is 8.23. The Morgan fingerprint density at radius 2 is 1.95 bits per heavy atom. The van der Waals surface area contributed by atoms with E-state index in [0.717, 1.165) is 17.7 Å². The first-order valence-corrected chi connectivity index (χ1v) is 15.4. The van der Waals surface area contributed by atoms with Gasteiger partial charge in [0.05, 0.1) is 34.0 Å². The number of aromatic nitrogens is 2. The number of benzene rings is 2. The zero-order valence-corrected chi connectivity index (χ0v) is 25.3. The van der Waals surface area contributed by atoms with Gasteiger partial charge in [0.25, 0.3) is 0 Å². The lowest BCUT2D eigenvalue weighted by Gasteiger charge is -2.42. The molecular formula is C30H29ClN6O2S2. The van der Waals surface area contributed by atoms with Gasteiger partial charge in [-0.3, -0.25) is 14.5 Å². The number of thioether (sulfide) groups is 1. The van der Waals surface area contributed by atoms with Gasteiger partial charge in [-0.05, 0) is 41.5 Å². The number of carbonyl (C=O) groups is 2. The minimum atomic E-state index is -0.545. The van der Waals surface area contributed by atoms with Crippen LogP contribution in [-0.4, -0.2) is 27.6 Å². The van der Waals surface area contributed by atoms with Gasteiger partial charge in [-0.2, -0.15) is 5.26 Å². The largest absolute Gasteiger partial charge is 0.384 e. The third-order valence-corrected chi connectivity index (χ3v) is 9.54.